The highest BCUT2D eigenvalue weighted by Gasteiger charge is 2.25. The van der Waals surface area contributed by atoms with Gasteiger partial charge >= 0.3 is 17.9 Å². The third-order valence-corrected chi connectivity index (χ3v) is 12.7. The summed E-state index contributed by atoms with van der Waals surface area (Å²) >= 11 is 0. The van der Waals surface area contributed by atoms with Crippen molar-refractivity contribution in [2.45, 2.75) is 283 Å². The van der Waals surface area contributed by atoms with Crippen LogP contribution in [0, 0.1) is 0 Å². The number of unbranched alkanes of at least 4 members (excludes halogenated alkanes) is 34. The fourth-order valence-electron chi connectivity index (χ4n) is 8.24. The molecule has 1 N–H and O–H groups in total. The van der Waals surface area contributed by atoms with Crippen molar-refractivity contribution in [3.63, 3.8) is 0 Å². The van der Waals surface area contributed by atoms with Crippen LogP contribution in [0.1, 0.15) is 271 Å². The van der Waals surface area contributed by atoms with E-state index in [1.165, 1.54) is 186 Å². The van der Waals surface area contributed by atoms with Gasteiger partial charge in [-0.3, -0.25) is 9.59 Å². The van der Waals surface area contributed by atoms with Crippen molar-refractivity contribution in [1.29, 1.82) is 0 Å². The Morgan fingerprint density at radius 2 is 0.761 bits per heavy atom. The smallest absolute Gasteiger partial charge is 0.361 e. The number of nitrogens with zero attached hydrogens (tertiary/aromatic N) is 1. The van der Waals surface area contributed by atoms with E-state index in [1.807, 2.05) is 21.1 Å². The predicted molar refractivity (Wildman–Crippen MR) is 281 cm³/mol. The number of carbonyl (C=O) groups is 3. The molecule has 0 amide bonds. The summed E-state index contributed by atoms with van der Waals surface area (Å²) in [6.07, 6.45) is 55.5. The van der Waals surface area contributed by atoms with Crippen LogP contribution in [0.5, 0.6) is 0 Å². The van der Waals surface area contributed by atoms with E-state index in [4.69, 9.17) is 18.9 Å². The summed E-state index contributed by atoms with van der Waals surface area (Å²) in [5, 5.41) is 9.68. The molecule has 0 aliphatic heterocycles. The first-order valence-electron chi connectivity index (χ1n) is 28.5. The number of carboxylic acid groups (broad SMARTS) is 1. The second kappa shape index (κ2) is 50.2. The minimum atomic E-state index is -1.51. The van der Waals surface area contributed by atoms with Crippen LogP contribution in [0.3, 0.4) is 0 Å². The van der Waals surface area contributed by atoms with Gasteiger partial charge < -0.3 is 28.5 Å². The molecule has 0 radical (unpaired) electrons. The van der Waals surface area contributed by atoms with Crippen LogP contribution >= 0.6 is 0 Å². The minimum absolute atomic E-state index is 0.182. The second-order valence-corrected chi connectivity index (χ2v) is 20.6. The van der Waals surface area contributed by atoms with E-state index in [-0.39, 0.29) is 32.2 Å². The minimum Gasteiger partial charge on any atom is -0.477 e. The first-order valence-corrected chi connectivity index (χ1v) is 28.5. The fourth-order valence-corrected chi connectivity index (χ4v) is 8.24. The third kappa shape index (κ3) is 51.4. The van der Waals surface area contributed by atoms with E-state index in [1.54, 1.807) is 0 Å². The van der Waals surface area contributed by atoms with Crippen LogP contribution in [-0.2, 0) is 33.3 Å². The quantitative estimate of drug-likeness (QED) is 0.0211. The van der Waals surface area contributed by atoms with Crippen LogP contribution in [0.15, 0.2) is 24.3 Å². The summed E-state index contributed by atoms with van der Waals surface area (Å²) in [5.41, 5.74) is 0. The normalized spacial score (nSPS) is 12.9. The molecule has 394 valence electrons. The second-order valence-electron chi connectivity index (χ2n) is 20.6. The van der Waals surface area contributed by atoms with Gasteiger partial charge in [-0.05, 0) is 64.2 Å². The van der Waals surface area contributed by atoms with Crippen LogP contribution in [0.2, 0.25) is 0 Å². The Bertz CT molecular complexity index is 1150. The first-order chi connectivity index (χ1) is 32.6. The predicted octanol–water partition coefficient (Wildman–Crippen LogP) is 16.3. The molecule has 9 heteroatoms. The lowest BCUT2D eigenvalue weighted by Crippen LogP contribution is -2.40. The number of aliphatic carboxylic acids is 1. The molecule has 0 aliphatic rings. The molecule has 9 nitrogen and oxygen atoms in total. The number of allylic oxidation sites excluding steroid dienone is 4. The molecule has 0 heterocycles. The Hall–Kier alpha value is -2.23. The lowest BCUT2D eigenvalue weighted by Gasteiger charge is -2.25. The van der Waals surface area contributed by atoms with E-state index < -0.39 is 24.3 Å². The molecule has 0 saturated carbocycles. The van der Waals surface area contributed by atoms with Gasteiger partial charge in [0.05, 0.1) is 34.4 Å². The largest absolute Gasteiger partial charge is 0.477 e. The van der Waals surface area contributed by atoms with Crippen molar-refractivity contribution in [1.82, 2.24) is 0 Å². The zero-order valence-electron chi connectivity index (χ0n) is 44.8. The number of quaternary nitrogens is 1. The number of hydrogen-bond acceptors (Lipinski definition) is 7. The number of esters is 2. The molecule has 0 rings (SSSR count). The van der Waals surface area contributed by atoms with Gasteiger partial charge in [-0.15, -0.1) is 0 Å². The molecule has 0 aromatic rings. The number of hydrogen-bond donors (Lipinski definition) is 1. The van der Waals surface area contributed by atoms with Gasteiger partial charge in [0.15, 0.2) is 6.10 Å². The molecule has 67 heavy (non-hydrogen) atoms. The van der Waals surface area contributed by atoms with Crippen molar-refractivity contribution in [3.8, 4) is 0 Å². The zero-order chi connectivity index (χ0) is 49.2. The van der Waals surface area contributed by atoms with Crippen molar-refractivity contribution in [2.24, 2.45) is 0 Å². The third-order valence-electron chi connectivity index (χ3n) is 12.7. The van der Waals surface area contributed by atoms with Gasteiger partial charge in [0.2, 0.25) is 0 Å². The SMILES string of the molecule is CCCCCC/C=C\CCCCCCCC(=O)OCC(COC(OCC[N+](C)(C)C)C(=O)O)OC(=O)CCCCCCCCCCCCCCCCCCC/C=C\CCCCCCCCCC. The maximum Gasteiger partial charge on any atom is 0.361 e. The molecule has 0 aromatic heterocycles. The van der Waals surface area contributed by atoms with Crippen LogP contribution < -0.4 is 0 Å². The number of carboxylic acids is 1. The van der Waals surface area contributed by atoms with Crippen LogP contribution in [0.4, 0.5) is 0 Å². The van der Waals surface area contributed by atoms with Crippen molar-refractivity contribution >= 4 is 17.9 Å². The lowest BCUT2D eigenvalue weighted by atomic mass is 10.0. The summed E-state index contributed by atoms with van der Waals surface area (Å²) in [7, 11) is 5.97. The highest BCUT2D eigenvalue weighted by Crippen LogP contribution is 2.17. The Morgan fingerprint density at radius 3 is 1.12 bits per heavy atom. The monoisotopic (exact) mass is 949 g/mol. The Morgan fingerprint density at radius 1 is 0.433 bits per heavy atom. The summed E-state index contributed by atoms with van der Waals surface area (Å²) in [4.78, 5) is 37.3. The molecular weight excluding hydrogens is 839 g/mol. The summed E-state index contributed by atoms with van der Waals surface area (Å²) in [6.45, 7) is 4.88. The average Bonchev–Trinajstić information content (AvgIpc) is 3.29. The van der Waals surface area contributed by atoms with Gasteiger partial charge in [-0.1, -0.05) is 218 Å². The fraction of sp³-hybridized carbons (Fsp3) is 0.879. The van der Waals surface area contributed by atoms with Crippen LogP contribution in [0.25, 0.3) is 0 Å². The highest BCUT2D eigenvalue weighted by atomic mass is 16.7. The Kier molecular flexibility index (Phi) is 48.5. The number of carbonyl (C=O) groups excluding carboxylic acids is 2. The van der Waals surface area contributed by atoms with E-state index >= 15 is 0 Å². The molecule has 2 unspecified atom stereocenters. The number of rotatable bonds is 53. The molecule has 0 spiro atoms. The maximum absolute atomic E-state index is 12.8. The maximum atomic E-state index is 12.8. The Labute approximate surface area is 414 Å². The first kappa shape index (κ1) is 64.8. The van der Waals surface area contributed by atoms with Gasteiger partial charge in [-0.2, -0.15) is 0 Å². The molecule has 0 bridgehead atoms. The van der Waals surface area contributed by atoms with Gasteiger partial charge in [0, 0.05) is 12.8 Å². The number of likely N-dealkylation sites (N-methyl/N-ethyl adjacent to an activating group) is 1. The van der Waals surface area contributed by atoms with Gasteiger partial charge in [-0.25, -0.2) is 4.79 Å². The van der Waals surface area contributed by atoms with E-state index in [0.717, 1.165) is 57.8 Å². The van der Waals surface area contributed by atoms with E-state index in [0.29, 0.717) is 17.4 Å². The van der Waals surface area contributed by atoms with Gasteiger partial charge in [0.25, 0.3) is 6.29 Å². The van der Waals surface area contributed by atoms with Crippen LogP contribution in [-0.4, -0.2) is 87.4 Å². The average molecular weight is 950 g/mol. The summed E-state index contributed by atoms with van der Waals surface area (Å²) < 4.78 is 22.8. The van der Waals surface area contributed by atoms with E-state index in [2.05, 4.69) is 38.2 Å². The molecule has 0 saturated heterocycles. The molecular formula is C58H110NO8+. The van der Waals surface area contributed by atoms with Gasteiger partial charge in [0.1, 0.15) is 13.2 Å². The van der Waals surface area contributed by atoms with E-state index in [9.17, 15) is 19.5 Å². The standard InChI is InChI=1S/C58H109NO8/c1-6-8-10-12-14-16-18-20-21-22-23-24-25-26-27-28-29-30-31-32-33-34-35-37-39-41-43-45-47-49-56(61)67-54(53-66-58(57(62)63)64-51-50-59(3,4)5)52-65-55(60)48-46-44-42-40-38-36-19-17-15-13-11-9-7-2/h17,19,22-23,54,58H,6-16,18,20-21,24-53H2,1-5H3/p+1/b19-17-,23-22-. The lowest BCUT2D eigenvalue weighted by molar-refractivity contribution is -0.870. The summed E-state index contributed by atoms with van der Waals surface area (Å²) in [6, 6.07) is 0. The zero-order valence-corrected chi connectivity index (χ0v) is 44.8. The molecule has 0 fully saturated rings. The van der Waals surface area contributed by atoms with Crippen molar-refractivity contribution in [3.05, 3.63) is 24.3 Å². The Balaban J connectivity index is 4.12. The van der Waals surface area contributed by atoms with Crippen molar-refractivity contribution in [2.75, 3.05) is 47.5 Å². The molecule has 0 aliphatic carbocycles. The van der Waals surface area contributed by atoms with Crippen molar-refractivity contribution < 1.29 is 42.9 Å². The molecule has 0 aromatic carbocycles. The number of ether oxygens (including phenoxy) is 4. The molecule has 2 atom stereocenters. The topological polar surface area (TPSA) is 108 Å². The highest BCUT2D eigenvalue weighted by molar-refractivity contribution is 5.71. The summed E-state index contributed by atoms with van der Waals surface area (Å²) in [5.74, 6) is -2.00.